The van der Waals surface area contributed by atoms with Gasteiger partial charge in [-0.25, -0.2) is 13.2 Å². The number of hydrogen-bond donors (Lipinski definition) is 1. The molecule has 0 bridgehead atoms. The first-order valence-electron chi connectivity index (χ1n) is 13.4. The van der Waals surface area contributed by atoms with Crippen molar-refractivity contribution in [3.05, 3.63) is 0 Å². The molecule has 2 saturated carbocycles. The van der Waals surface area contributed by atoms with Gasteiger partial charge in [-0.05, 0) is 62.2 Å². The van der Waals surface area contributed by atoms with Gasteiger partial charge in [-0.1, -0.05) is 46.0 Å². The Balaban J connectivity index is 2.02. The first-order valence-corrected chi connectivity index (χ1v) is 13.4. The molecule has 0 amide bonds. The average Bonchev–Trinajstić information content (AvgIpc) is 2.82. The van der Waals surface area contributed by atoms with Crippen molar-refractivity contribution in [2.24, 2.45) is 41.4 Å². The van der Waals surface area contributed by atoms with E-state index in [1.165, 1.54) is 6.92 Å². The number of halogens is 6. The zero-order valence-corrected chi connectivity index (χ0v) is 21.0. The van der Waals surface area contributed by atoms with Gasteiger partial charge in [0.15, 0.2) is 0 Å². The molecule has 204 valence electrons. The van der Waals surface area contributed by atoms with Crippen LogP contribution in [0.3, 0.4) is 0 Å². The lowest BCUT2D eigenvalue weighted by atomic mass is 9.59. The molecule has 9 heteroatoms. The SMILES string of the molecule is CCOC(=O)C1C(C2CCCCC2)C(C(F)C2CCC(C(C)C)CC2)C(C(F)F)NC1C(F)(F)F. The van der Waals surface area contributed by atoms with Crippen molar-refractivity contribution in [1.29, 1.82) is 0 Å². The van der Waals surface area contributed by atoms with Gasteiger partial charge < -0.3 is 4.74 Å². The second-order valence-corrected chi connectivity index (χ2v) is 11.2. The van der Waals surface area contributed by atoms with Crippen LogP contribution in [0, 0.1) is 41.4 Å². The first-order chi connectivity index (χ1) is 16.5. The monoisotopic (exact) mass is 513 g/mol. The standard InChI is InChI=1S/C26H41F6NO2/c1-4-35-25(34)20-18(16-8-6-5-7-9-16)19(22(24(28)29)33-23(20)26(30,31)32)21(27)17-12-10-15(11-13-17)14(2)3/h14-24,33H,4-13H2,1-3H3. The molecule has 6 atom stereocenters. The highest BCUT2D eigenvalue weighted by Crippen LogP contribution is 2.51. The van der Waals surface area contributed by atoms with Crippen molar-refractivity contribution >= 4 is 5.97 Å². The zero-order chi connectivity index (χ0) is 25.9. The van der Waals surface area contributed by atoms with E-state index < -0.39 is 66.4 Å². The Morgan fingerprint density at radius 2 is 1.51 bits per heavy atom. The summed E-state index contributed by atoms with van der Waals surface area (Å²) in [7, 11) is 0. The molecule has 1 aliphatic heterocycles. The number of ether oxygens (including phenoxy) is 1. The third kappa shape index (κ3) is 6.48. The molecule has 3 aliphatic rings. The number of hydrogen-bond acceptors (Lipinski definition) is 3. The van der Waals surface area contributed by atoms with Crippen LogP contribution in [0.1, 0.15) is 78.6 Å². The smallest absolute Gasteiger partial charge is 0.404 e. The van der Waals surface area contributed by atoms with Gasteiger partial charge >= 0.3 is 12.1 Å². The second kappa shape index (κ2) is 12.0. The molecule has 3 nitrogen and oxygen atoms in total. The van der Waals surface area contributed by atoms with Crippen molar-refractivity contribution < 1.29 is 35.9 Å². The third-order valence-electron chi connectivity index (χ3n) is 8.96. The quantitative estimate of drug-likeness (QED) is 0.296. The van der Waals surface area contributed by atoms with Gasteiger partial charge in [0.25, 0.3) is 6.43 Å². The van der Waals surface area contributed by atoms with Crippen LogP contribution >= 0.6 is 0 Å². The van der Waals surface area contributed by atoms with Crippen molar-refractivity contribution in [2.75, 3.05) is 6.61 Å². The molecule has 1 N–H and O–H groups in total. The molecule has 0 radical (unpaired) electrons. The van der Waals surface area contributed by atoms with E-state index >= 15 is 4.39 Å². The largest absolute Gasteiger partial charge is 0.466 e. The number of alkyl halides is 6. The van der Waals surface area contributed by atoms with Gasteiger partial charge in [-0.15, -0.1) is 0 Å². The Kier molecular flexibility index (Phi) is 9.83. The fourth-order valence-electron chi connectivity index (χ4n) is 7.17. The van der Waals surface area contributed by atoms with Crippen molar-refractivity contribution in [2.45, 2.75) is 109 Å². The molecule has 0 spiro atoms. The molecule has 0 aromatic rings. The fraction of sp³-hybridized carbons (Fsp3) is 0.962. The van der Waals surface area contributed by atoms with E-state index in [1.807, 2.05) is 5.32 Å². The average molecular weight is 514 g/mol. The van der Waals surface area contributed by atoms with Crippen LogP contribution in [0.15, 0.2) is 0 Å². The molecule has 3 fully saturated rings. The summed E-state index contributed by atoms with van der Waals surface area (Å²) in [5, 5.41) is 2.03. The van der Waals surface area contributed by atoms with Crippen LogP contribution in [-0.4, -0.2) is 43.4 Å². The number of esters is 1. The molecule has 6 unspecified atom stereocenters. The van der Waals surface area contributed by atoms with E-state index in [4.69, 9.17) is 4.74 Å². The van der Waals surface area contributed by atoms with Crippen LogP contribution in [0.2, 0.25) is 0 Å². The van der Waals surface area contributed by atoms with E-state index in [1.54, 1.807) is 0 Å². The summed E-state index contributed by atoms with van der Waals surface area (Å²) in [6.07, 6.45) is -3.79. The summed E-state index contributed by atoms with van der Waals surface area (Å²) in [4.78, 5) is 13.0. The Bertz CT molecular complexity index is 673. The number of rotatable bonds is 7. The highest BCUT2D eigenvalue weighted by Gasteiger charge is 2.62. The summed E-state index contributed by atoms with van der Waals surface area (Å²) in [6, 6.07) is -4.44. The van der Waals surface area contributed by atoms with Crippen LogP contribution in [0.5, 0.6) is 0 Å². The van der Waals surface area contributed by atoms with Gasteiger partial charge in [0, 0.05) is 5.92 Å². The Morgan fingerprint density at radius 1 is 0.943 bits per heavy atom. The summed E-state index contributed by atoms with van der Waals surface area (Å²) in [5.41, 5.74) is 0. The van der Waals surface area contributed by atoms with Crippen LogP contribution < -0.4 is 5.32 Å². The molecular weight excluding hydrogens is 472 g/mol. The maximum Gasteiger partial charge on any atom is 0.404 e. The summed E-state index contributed by atoms with van der Waals surface area (Å²) >= 11 is 0. The molecule has 1 saturated heterocycles. The highest BCUT2D eigenvalue weighted by molar-refractivity contribution is 5.74. The van der Waals surface area contributed by atoms with E-state index in [0.29, 0.717) is 37.5 Å². The molecule has 2 aliphatic carbocycles. The molecule has 0 aromatic heterocycles. The summed E-state index contributed by atoms with van der Waals surface area (Å²) in [5.74, 6) is -5.34. The second-order valence-electron chi connectivity index (χ2n) is 11.2. The van der Waals surface area contributed by atoms with Crippen LogP contribution in [0.4, 0.5) is 26.3 Å². The van der Waals surface area contributed by atoms with Gasteiger partial charge in [-0.3, -0.25) is 10.1 Å². The molecule has 35 heavy (non-hydrogen) atoms. The Morgan fingerprint density at radius 3 is 2.00 bits per heavy atom. The molecule has 1 heterocycles. The Labute approximate surface area is 205 Å². The summed E-state index contributed by atoms with van der Waals surface area (Å²) in [6.45, 7) is 5.59. The molecular formula is C26H41F6NO2. The zero-order valence-electron chi connectivity index (χ0n) is 21.0. The minimum Gasteiger partial charge on any atom is -0.466 e. The van der Waals surface area contributed by atoms with Gasteiger partial charge in [0.2, 0.25) is 0 Å². The normalized spacial score (nSPS) is 36.4. The topological polar surface area (TPSA) is 38.3 Å². The van der Waals surface area contributed by atoms with Crippen molar-refractivity contribution in [3.63, 3.8) is 0 Å². The lowest BCUT2D eigenvalue weighted by Crippen LogP contribution is -2.68. The van der Waals surface area contributed by atoms with Gasteiger partial charge in [0.1, 0.15) is 12.2 Å². The first kappa shape index (κ1) is 28.6. The van der Waals surface area contributed by atoms with E-state index in [9.17, 15) is 26.7 Å². The molecule has 3 rings (SSSR count). The van der Waals surface area contributed by atoms with E-state index in [-0.39, 0.29) is 6.61 Å². The highest BCUT2D eigenvalue weighted by atomic mass is 19.4. The summed E-state index contributed by atoms with van der Waals surface area (Å²) < 4.78 is 92.6. The predicted octanol–water partition coefficient (Wildman–Crippen LogP) is 6.95. The fourth-order valence-corrected chi connectivity index (χ4v) is 7.17. The van der Waals surface area contributed by atoms with Gasteiger partial charge in [0.05, 0.1) is 18.6 Å². The third-order valence-corrected chi connectivity index (χ3v) is 8.96. The van der Waals surface area contributed by atoms with Crippen molar-refractivity contribution in [3.8, 4) is 0 Å². The minimum atomic E-state index is -4.94. The van der Waals surface area contributed by atoms with E-state index in [2.05, 4.69) is 13.8 Å². The minimum absolute atomic E-state index is 0.126. The Hall–Kier alpha value is -0.990. The number of carbonyl (C=O) groups is 1. The van der Waals surface area contributed by atoms with Gasteiger partial charge in [-0.2, -0.15) is 13.2 Å². The predicted molar refractivity (Wildman–Crippen MR) is 122 cm³/mol. The number of carbonyl (C=O) groups excluding carboxylic acids is 1. The lowest BCUT2D eigenvalue weighted by Gasteiger charge is -2.52. The van der Waals surface area contributed by atoms with Crippen LogP contribution in [0.25, 0.3) is 0 Å². The van der Waals surface area contributed by atoms with Crippen LogP contribution in [-0.2, 0) is 9.53 Å². The maximum atomic E-state index is 16.4. The maximum absolute atomic E-state index is 16.4. The number of piperidine rings is 1. The van der Waals surface area contributed by atoms with E-state index in [0.717, 1.165) is 32.1 Å². The van der Waals surface area contributed by atoms with Crippen molar-refractivity contribution in [1.82, 2.24) is 5.32 Å². The lowest BCUT2D eigenvalue weighted by molar-refractivity contribution is -0.213. The number of nitrogens with one attached hydrogen (secondary N) is 1. The molecule has 0 aromatic carbocycles.